The molecule has 1 aromatic heterocycles. The topological polar surface area (TPSA) is 56.0 Å². The predicted octanol–water partition coefficient (Wildman–Crippen LogP) is 1.43. The number of hydrogen-bond donors (Lipinski definition) is 1. The minimum Gasteiger partial charge on any atom is -0.383 e. The molecule has 0 aliphatic rings. The Hall–Kier alpha value is -1.38. The molecule has 1 heterocycles. The van der Waals surface area contributed by atoms with Crippen LogP contribution in [0.1, 0.15) is 19.4 Å². The van der Waals surface area contributed by atoms with Crippen LogP contribution >= 0.6 is 0 Å². The third-order valence-electron chi connectivity index (χ3n) is 1.93. The fourth-order valence-corrected chi connectivity index (χ4v) is 0.992. The second-order valence-electron chi connectivity index (χ2n) is 3.35. The monoisotopic (exact) mass is 178 g/mol. The van der Waals surface area contributed by atoms with E-state index in [0.717, 1.165) is 5.56 Å². The van der Waals surface area contributed by atoms with Crippen LogP contribution < -0.4 is 5.73 Å². The Labute approximate surface area is 78.0 Å². The molecule has 70 valence electrons. The summed E-state index contributed by atoms with van der Waals surface area (Å²) in [4.78, 5) is 15.3. The summed E-state index contributed by atoms with van der Waals surface area (Å²) in [6.45, 7) is 3.77. The average Bonchev–Trinajstić information content (AvgIpc) is 2.08. The third kappa shape index (κ3) is 2.54. The van der Waals surface area contributed by atoms with Gasteiger partial charge < -0.3 is 5.73 Å². The molecule has 0 spiro atoms. The minimum absolute atomic E-state index is 0.0552. The van der Waals surface area contributed by atoms with Crippen molar-refractivity contribution in [3.8, 4) is 0 Å². The van der Waals surface area contributed by atoms with E-state index >= 15 is 0 Å². The molecule has 0 saturated carbocycles. The molecule has 2 N–H and O–H groups in total. The first-order chi connectivity index (χ1) is 6.11. The number of ketones is 1. The lowest BCUT2D eigenvalue weighted by molar-refractivity contribution is -0.121. The van der Waals surface area contributed by atoms with Crippen molar-refractivity contribution in [2.45, 2.75) is 20.3 Å². The Morgan fingerprint density at radius 2 is 2.31 bits per heavy atom. The van der Waals surface area contributed by atoms with Crippen LogP contribution in [0, 0.1) is 5.92 Å². The van der Waals surface area contributed by atoms with Crippen molar-refractivity contribution < 1.29 is 4.79 Å². The normalized spacial score (nSPS) is 10.4. The summed E-state index contributed by atoms with van der Waals surface area (Å²) in [6, 6.07) is 3.63. The summed E-state index contributed by atoms with van der Waals surface area (Å²) >= 11 is 0. The highest BCUT2D eigenvalue weighted by atomic mass is 16.1. The van der Waals surface area contributed by atoms with Crippen LogP contribution in [0.4, 0.5) is 5.82 Å². The van der Waals surface area contributed by atoms with E-state index in [0.29, 0.717) is 12.2 Å². The number of carbonyl (C=O) groups excluding carboxylic acids is 1. The number of rotatable bonds is 3. The smallest absolute Gasteiger partial charge is 0.139 e. The van der Waals surface area contributed by atoms with Crippen LogP contribution in [-0.4, -0.2) is 10.8 Å². The van der Waals surface area contributed by atoms with Crippen LogP contribution in [-0.2, 0) is 11.2 Å². The lowest BCUT2D eigenvalue weighted by Crippen LogP contribution is -2.11. The zero-order chi connectivity index (χ0) is 9.84. The lowest BCUT2D eigenvalue weighted by atomic mass is 10.0. The maximum atomic E-state index is 11.4. The molecule has 3 nitrogen and oxygen atoms in total. The molecule has 0 saturated heterocycles. The van der Waals surface area contributed by atoms with E-state index in [2.05, 4.69) is 4.98 Å². The van der Waals surface area contributed by atoms with Crippen LogP contribution in [0.15, 0.2) is 18.3 Å². The molecule has 0 aromatic carbocycles. The SMILES string of the molecule is CC(C)C(=O)Cc1cccnc1N. The van der Waals surface area contributed by atoms with Crippen molar-refractivity contribution in [1.29, 1.82) is 0 Å². The number of nitrogen functional groups attached to an aromatic ring is 1. The Morgan fingerprint density at radius 1 is 1.62 bits per heavy atom. The lowest BCUT2D eigenvalue weighted by Gasteiger charge is -2.05. The fourth-order valence-electron chi connectivity index (χ4n) is 0.992. The van der Waals surface area contributed by atoms with E-state index in [1.54, 1.807) is 12.3 Å². The van der Waals surface area contributed by atoms with Crippen molar-refractivity contribution in [1.82, 2.24) is 4.98 Å². The first-order valence-corrected chi connectivity index (χ1v) is 4.33. The van der Waals surface area contributed by atoms with E-state index < -0.39 is 0 Å². The van der Waals surface area contributed by atoms with Gasteiger partial charge in [-0.3, -0.25) is 4.79 Å². The van der Waals surface area contributed by atoms with Crippen LogP contribution in [0.25, 0.3) is 0 Å². The number of nitrogens with zero attached hydrogens (tertiary/aromatic N) is 1. The number of nitrogens with two attached hydrogens (primary N) is 1. The number of hydrogen-bond acceptors (Lipinski definition) is 3. The summed E-state index contributed by atoms with van der Waals surface area (Å²) in [5.41, 5.74) is 6.43. The molecule has 13 heavy (non-hydrogen) atoms. The number of pyridine rings is 1. The van der Waals surface area contributed by atoms with Gasteiger partial charge in [-0.15, -0.1) is 0 Å². The molecule has 1 rings (SSSR count). The summed E-state index contributed by atoms with van der Waals surface area (Å²) in [5, 5.41) is 0. The summed E-state index contributed by atoms with van der Waals surface area (Å²) < 4.78 is 0. The second kappa shape index (κ2) is 4.03. The highest BCUT2D eigenvalue weighted by molar-refractivity contribution is 5.83. The second-order valence-corrected chi connectivity index (χ2v) is 3.35. The van der Waals surface area contributed by atoms with E-state index in [-0.39, 0.29) is 11.7 Å². The fraction of sp³-hybridized carbons (Fsp3) is 0.400. The van der Waals surface area contributed by atoms with E-state index in [1.165, 1.54) is 0 Å². The van der Waals surface area contributed by atoms with Crippen molar-refractivity contribution in [3.63, 3.8) is 0 Å². The first kappa shape index (κ1) is 9.71. The Bertz CT molecular complexity index is 308. The Morgan fingerprint density at radius 3 is 2.85 bits per heavy atom. The predicted molar refractivity (Wildman–Crippen MR) is 52.2 cm³/mol. The van der Waals surface area contributed by atoms with Gasteiger partial charge in [-0.2, -0.15) is 0 Å². The van der Waals surface area contributed by atoms with Crippen molar-refractivity contribution in [3.05, 3.63) is 23.9 Å². The molecule has 0 aliphatic carbocycles. The highest BCUT2D eigenvalue weighted by Gasteiger charge is 2.09. The van der Waals surface area contributed by atoms with Gasteiger partial charge in [-0.1, -0.05) is 19.9 Å². The molecule has 0 unspecified atom stereocenters. The van der Waals surface area contributed by atoms with Crippen molar-refractivity contribution >= 4 is 11.6 Å². The van der Waals surface area contributed by atoms with E-state index in [4.69, 9.17) is 5.73 Å². The summed E-state index contributed by atoms with van der Waals surface area (Å²) in [7, 11) is 0. The van der Waals surface area contributed by atoms with E-state index in [9.17, 15) is 4.79 Å². The first-order valence-electron chi connectivity index (χ1n) is 4.33. The zero-order valence-electron chi connectivity index (χ0n) is 7.95. The van der Waals surface area contributed by atoms with Crippen LogP contribution in [0.2, 0.25) is 0 Å². The molecule has 0 atom stereocenters. The molecule has 0 radical (unpaired) electrons. The average molecular weight is 178 g/mol. The van der Waals surface area contributed by atoms with E-state index in [1.807, 2.05) is 19.9 Å². The van der Waals surface area contributed by atoms with Gasteiger partial charge in [-0.25, -0.2) is 4.98 Å². The van der Waals surface area contributed by atoms with Crippen molar-refractivity contribution in [2.75, 3.05) is 5.73 Å². The van der Waals surface area contributed by atoms with Crippen molar-refractivity contribution in [2.24, 2.45) is 5.92 Å². The molecular formula is C10H14N2O. The maximum absolute atomic E-state index is 11.4. The molecular weight excluding hydrogens is 164 g/mol. The number of aromatic nitrogens is 1. The van der Waals surface area contributed by atoms with Gasteiger partial charge in [0, 0.05) is 24.1 Å². The van der Waals surface area contributed by atoms with Gasteiger partial charge in [-0.05, 0) is 6.07 Å². The van der Waals surface area contributed by atoms with Crippen LogP contribution in [0.3, 0.4) is 0 Å². The number of carbonyl (C=O) groups is 1. The standard InChI is InChI=1S/C10H14N2O/c1-7(2)9(13)6-8-4-3-5-12-10(8)11/h3-5,7H,6H2,1-2H3,(H2,11,12). The minimum atomic E-state index is 0.0552. The van der Waals surface area contributed by atoms with Gasteiger partial charge in [0.2, 0.25) is 0 Å². The van der Waals surface area contributed by atoms with Gasteiger partial charge in [0.15, 0.2) is 0 Å². The Balaban J connectivity index is 2.75. The van der Waals surface area contributed by atoms with Gasteiger partial charge in [0.25, 0.3) is 0 Å². The zero-order valence-corrected chi connectivity index (χ0v) is 7.95. The highest BCUT2D eigenvalue weighted by Crippen LogP contribution is 2.10. The number of Topliss-reactive ketones (excluding diaryl/α,β-unsaturated/α-hetero) is 1. The molecule has 3 heteroatoms. The molecule has 1 aromatic rings. The van der Waals surface area contributed by atoms with Gasteiger partial charge in [0.1, 0.15) is 11.6 Å². The molecule has 0 fully saturated rings. The summed E-state index contributed by atoms with van der Waals surface area (Å²) in [6.07, 6.45) is 2.01. The quantitative estimate of drug-likeness (QED) is 0.761. The summed E-state index contributed by atoms with van der Waals surface area (Å²) in [5.74, 6) is 0.704. The third-order valence-corrected chi connectivity index (χ3v) is 1.93. The number of anilines is 1. The Kier molecular flexibility index (Phi) is 3.01. The van der Waals surface area contributed by atoms with Crippen LogP contribution in [0.5, 0.6) is 0 Å². The largest absolute Gasteiger partial charge is 0.383 e. The molecule has 0 amide bonds. The molecule has 0 bridgehead atoms. The van der Waals surface area contributed by atoms with Gasteiger partial charge >= 0.3 is 0 Å². The maximum Gasteiger partial charge on any atom is 0.139 e. The molecule has 0 aliphatic heterocycles. The van der Waals surface area contributed by atoms with Gasteiger partial charge in [0.05, 0.1) is 0 Å².